The number of pyridine rings is 1. The second-order valence-electron chi connectivity index (χ2n) is 3.82. The lowest BCUT2D eigenvalue weighted by Gasteiger charge is -2.05. The Morgan fingerprint density at radius 3 is 2.71 bits per heavy atom. The van der Waals surface area contributed by atoms with Crippen LogP contribution in [0.25, 0.3) is 11.4 Å². The van der Waals surface area contributed by atoms with Crippen molar-refractivity contribution >= 4 is 11.6 Å². The minimum absolute atomic E-state index is 0.578. The molecule has 0 aliphatic heterocycles. The van der Waals surface area contributed by atoms with E-state index >= 15 is 0 Å². The smallest absolute Gasteiger partial charge is 0.151 e. The summed E-state index contributed by atoms with van der Waals surface area (Å²) >= 11 is 6.16. The molecule has 0 aromatic carbocycles. The fraction of sp³-hybridized carbons (Fsp3) is 0.333. The average Bonchev–Trinajstić information content (AvgIpc) is 2.64. The van der Waals surface area contributed by atoms with Gasteiger partial charge in [-0.2, -0.15) is 0 Å². The molecule has 0 radical (unpaired) electrons. The van der Waals surface area contributed by atoms with Gasteiger partial charge in [-0.1, -0.05) is 11.6 Å². The Labute approximate surface area is 106 Å². The Morgan fingerprint density at radius 1 is 1.35 bits per heavy atom. The second kappa shape index (κ2) is 5.29. The van der Waals surface area contributed by atoms with Gasteiger partial charge in [0.15, 0.2) is 5.15 Å². The summed E-state index contributed by atoms with van der Waals surface area (Å²) in [5.41, 5.74) is 2.08. The minimum Gasteiger partial charge on any atom is -0.330 e. The van der Waals surface area contributed by atoms with E-state index in [0.717, 1.165) is 30.0 Å². The van der Waals surface area contributed by atoms with E-state index < -0.39 is 0 Å². The lowest BCUT2D eigenvalue weighted by molar-refractivity contribution is 0.740. The number of aromatic nitrogens is 3. The zero-order valence-corrected chi connectivity index (χ0v) is 10.7. The summed E-state index contributed by atoms with van der Waals surface area (Å²) in [5.74, 6) is 0.878. The van der Waals surface area contributed by atoms with Gasteiger partial charge >= 0.3 is 0 Å². The van der Waals surface area contributed by atoms with Crippen molar-refractivity contribution < 1.29 is 0 Å². The lowest BCUT2D eigenvalue weighted by Crippen LogP contribution is -2.12. The quantitative estimate of drug-likeness (QED) is 0.901. The monoisotopic (exact) mass is 250 g/mol. The maximum Gasteiger partial charge on any atom is 0.151 e. The molecule has 0 saturated carbocycles. The number of likely N-dealkylation sites (N-methyl/N-ethyl adjacent to an activating group) is 1. The van der Waals surface area contributed by atoms with E-state index in [9.17, 15) is 0 Å². The zero-order valence-electron chi connectivity index (χ0n) is 9.94. The molecular formula is C12H15ClN4. The Bertz CT molecular complexity index is 493. The predicted octanol–water partition coefficient (Wildman–Crippen LogP) is 1.90. The number of nitrogens with one attached hydrogen (secondary N) is 1. The van der Waals surface area contributed by atoms with Crippen LogP contribution in [-0.4, -0.2) is 28.1 Å². The zero-order chi connectivity index (χ0) is 12.3. The van der Waals surface area contributed by atoms with Crippen molar-refractivity contribution in [2.24, 2.45) is 7.05 Å². The summed E-state index contributed by atoms with van der Waals surface area (Å²) in [6.07, 6.45) is 4.38. The SMILES string of the molecule is CNCCc1c(Cl)nc(-c2ccncc2)n1C. The molecule has 4 nitrogen and oxygen atoms in total. The van der Waals surface area contributed by atoms with Gasteiger partial charge in [-0.15, -0.1) is 0 Å². The Balaban J connectivity index is 2.37. The summed E-state index contributed by atoms with van der Waals surface area (Å²) in [4.78, 5) is 8.41. The topological polar surface area (TPSA) is 42.7 Å². The molecule has 0 aliphatic carbocycles. The molecule has 2 aromatic heterocycles. The van der Waals surface area contributed by atoms with Crippen molar-refractivity contribution in [3.8, 4) is 11.4 Å². The summed E-state index contributed by atoms with van der Waals surface area (Å²) in [6.45, 7) is 0.884. The standard InChI is InChI=1S/C12H15ClN4/c1-14-6-5-10-11(13)16-12(17(10)2)9-3-7-15-8-4-9/h3-4,7-8,14H,5-6H2,1-2H3. The molecule has 0 saturated heterocycles. The van der Waals surface area contributed by atoms with E-state index in [1.54, 1.807) is 12.4 Å². The van der Waals surface area contributed by atoms with E-state index in [1.165, 1.54) is 0 Å². The molecule has 17 heavy (non-hydrogen) atoms. The second-order valence-corrected chi connectivity index (χ2v) is 4.18. The van der Waals surface area contributed by atoms with Crippen molar-refractivity contribution in [2.45, 2.75) is 6.42 Å². The van der Waals surface area contributed by atoms with Gasteiger partial charge < -0.3 is 9.88 Å². The Kier molecular flexibility index (Phi) is 3.76. The highest BCUT2D eigenvalue weighted by atomic mass is 35.5. The first-order chi connectivity index (χ1) is 8.24. The van der Waals surface area contributed by atoms with E-state index in [1.807, 2.05) is 30.8 Å². The van der Waals surface area contributed by atoms with E-state index in [4.69, 9.17) is 11.6 Å². The highest BCUT2D eigenvalue weighted by Crippen LogP contribution is 2.24. The number of hydrogen-bond donors (Lipinski definition) is 1. The molecule has 0 fully saturated rings. The predicted molar refractivity (Wildman–Crippen MR) is 69.1 cm³/mol. The van der Waals surface area contributed by atoms with Crippen LogP contribution >= 0.6 is 11.6 Å². The first kappa shape index (κ1) is 12.1. The van der Waals surface area contributed by atoms with Crippen molar-refractivity contribution in [2.75, 3.05) is 13.6 Å². The number of hydrogen-bond acceptors (Lipinski definition) is 3. The molecule has 2 heterocycles. The van der Waals surface area contributed by atoms with Gasteiger partial charge in [-0.25, -0.2) is 4.98 Å². The third-order valence-electron chi connectivity index (χ3n) is 2.72. The molecule has 2 aromatic rings. The van der Waals surface area contributed by atoms with Crippen LogP contribution in [0.2, 0.25) is 5.15 Å². The average molecular weight is 251 g/mol. The number of imidazole rings is 1. The largest absolute Gasteiger partial charge is 0.330 e. The maximum absolute atomic E-state index is 6.16. The van der Waals surface area contributed by atoms with Crippen LogP contribution in [0, 0.1) is 0 Å². The van der Waals surface area contributed by atoms with Gasteiger partial charge in [0.2, 0.25) is 0 Å². The summed E-state index contributed by atoms with van der Waals surface area (Å²) in [5, 5.41) is 3.69. The highest BCUT2D eigenvalue weighted by molar-refractivity contribution is 6.30. The van der Waals surface area contributed by atoms with Crippen molar-refractivity contribution in [3.05, 3.63) is 35.4 Å². The van der Waals surface area contributed by atoms with Gasteiger partial charge in [0.25, 0.3) is 0 Å². The van der Waals surface area contributed by atoms with E-state index in [0.29, 0.717) is 5.15 Å². The molecular weight excluding hydrogens is 236 g/mol. The molecule has 0 unspecified atom stereocenters. The van der Waals surface area contributed by atoms with Gasteiger partial charge in [0.1, 0.15) is 5.82 Å². The molecule has 0 aliphatic rings. The van der Waals surface area contributed by atoms with Crippen LogP contribution in [0.5, 0.6) is 0 Å². The van der Waals surface area contributed by atoms with Crippen LogP contribution < -0.4 is 5.32 Å². The molecule has 2 rings (SSSR count). The normalized spacial score (nSPS) is 10.8. The van der Waals surface area contributed by atoms with Gasteiger partial charge in [0.05, 0.1) is 5.69 Å². The first-order valence-corrected chi connectivity index (χ1v) is 5.88. The summed E-state index contributed by atoms with van der Waals surface area (Å²) in [6, 6.07) is 3.86. The van der Waals surface area contributed by atoms with Crippen LogP contribution in [0.4, 0.5) is 0 Å². The van der Waals surface area contributed by atoms with Crippen molar-refractivity contribution in [3.63, 3.8) is 0 Å². The molecule has 0 amide bonds. The van der Waals surface area contributed by atoms with Crippen LogP contribution in [-0.2, 0) is 13.5 Å². The van der Waals surface area contributed by atoms with Crippen molar-refractivity contribution in [1.29, 1.82) is 0 Å². The van der Waals surface area contributed by atoms with Crippen LogP contribution in [0.15, 0.2) is 24.5 Å². The lowest BCUT2D eigenvalue weighted by atomic mass is 10.2. The maximum atomic E-state index is 6.16. The third-order valence-corrected chi connectivity index (χ3v) is 3.02. The highest BCUT2D eigenvalue weighted by Gasteiger charge is 2.13. The number of rotatable bonds is 4. The first-order valence-electron chi connectivity index (χ1n) is 5.50. The molecule has 5 heteroatoms. The van der Waals surface area contributed by atoms with Crippen molar-refractivity contribution in [1.82, 2.24) is 19.9 Å². The molecule has 90 valence electrons. The van der Waals surface area contributed by atoms with E-state index in [2.05, 4.69) is 15.3 Å². The third kappa shape index (κ3) is 2.48. The molecule has 0 atom stereocenters. The Hall–Kier alpha value is -1.39. The van der Waals surface area contributed by atoms with Gasteiger partial charge in [-0.05, 0) is 19.2 Å². The van der Waals surface area contributed by atoms with Crippen LogP contribution in [0.1, 0.15) is 5.69 Å². The molecule has 0 spiro atoms. The molecule has 1 N–H and O–H groups in total. The van der Waals surface area contributed by atoms with Gasteiger partial charge in [0, 0.05) is 38.0 Å². The van der Waals surface area contributed by atoms with Crippen LogP contribution in [0.3, 0.4) is 0 Å². The summed E-state index contributed by atoms with van der Waals surface area (Å²) in [7, 11) is 3.91. The minimum atomic E-state index is 0.578. The Morgan fingerprint density at radius 2 is 2.06 bits per heavy atom. The fourth-order valence-corrected chi connectivity index (χ4v) is 2.07. The summed E-state index contributed by atoms with van der Waals surface area (Å²) < 4.78 is 2.04. The van der Waals surface area contributed by atoms with E-state index in [-0.39, 0.29) is 0 Å². The number of nitrogens with zero attached hydrogens (tertiary/aromatic N) is 3. The van der Waals surface area contributed by atoms with Gasteiger partial charge in [-0.3, -0.25) is 4.98 Å². The number of halogens is 1. The fourth-order valence-electron chi connectivity index (χ4n) is 1.77. The molecule has 0 bridgehead atoms.